The topological polar surface area (TPSA) is 234 Å². The van der Waals surface area contributed by atoms with Gasteiger partial charge in [0.25, 0.3) is 10.1 Å². The Morgan fingerprint density at radius 2 is 1.91 bits per heavy atom. The van der Waals surface area contributed by atoms with Crippen molar-refractivity contribution >= 4 is 68.5 Å². The van der Waals surface area contributed by atoms with Gasteiger partial charge in [-0.15, -0.1) is 0 Å². The summed E-state index contributed by atoms with van der Waals surface area (Å²) in [7, 11) is -4.46. The van der Waals surface area contributed by atoms with Crippen molar-refractivity contribution in [2.24, 2.45) is 9.98 Å². The number of thiocarbonyl (C=S) groups is 1. The Bertz CT molecular complexity index is 1670. The Labute approximate surface area is 256 Å². The molecule has 2 aromatic carbocycles. The molecule has 236 valence electrons. The number of amides is 1. The number of rotatable bonds is 10. The van der Waals surface area contributed by atoms with E-state index in [0.717, 1.165) is 16.6 Å². The minimum absolute atomic E-state index is 0.0378. The molecule has 18 heteroatoms. The lowest BCUT2D eigenvalue weighted by Crippen LogP contribution is -2.69. The second kappa shape index (κ2) is 11.5. The van der Waals surface area contributed by atoms with Gasteiger partial charge in [-0.05, 0) is 12.1 Å². The number of nitrogens with one attached hydrogen (secondary N) is 2. The first-order valence-corrected chi connectivity index (χ1v) is 15.2. The number of hydrogen-bond acceptors (Lipinski definition) is 15. The van der Waals surface area contributed by atoms with Crippen molar-refractivity contribution in [3.8, 4) is 0 Å². The van der Waals surface area contributed by atoms with Crippen LogP contribution in [0.5, 0.6) is 0 Å². The van der Waals surface area contributed by atoms with E-state index in [9.17, 15) is 43.0 Å². The third-order valence-electron chi connectivity index (χ3n) is 7.97. The Morgan fingerprint density at radius 3 is 2.55 bits per heavy atom. The molecule has 1 amide bonds. The molecule has 2 fully saturated rings. The molecule has 0 radical (unpaired) electrons. The number of ether oxygens (including phenoxy) is 1. The van der Waals surface area contributed by atoms with Gasteiger partial charge in [0.2, 0.25) is 23.1 Å². The maximum Gasteiger partial charge on any atom is 0.295 e. The smallest absolute Gasteiger partial charge is 0.295 e. The van der Waals surface area contributed by atoms with E-state index in [1.165, 1.54) is 24.0 Å². The van der Waals surface area contributed by atoms with Crippen molar-refractivity contribution in [3.05, 3.63) is 36.4 Å². The molecule has 44 heavy (non-hydrogen) atoms. The predicted octanol–water partition coefficient (Wildman–Crippen LogP) is -1.96. The van der Waals surface area contributed by atoms with Gasteiger partial charge in [0.05, 0.1) is 13.3 Å². The number of aliphatic imine (C=N–C) groups is 2. The van der Waals surface area contributed by atoms with E-state index in [0.29, 0.717) is 16.5 Å². The summed E-state index contributed by atoms with van der Waals surface area (Å²) >= 11 is 5.15. The van der Waals surface area contributed by atoms with E-state index < -0.39 is 64.7 Å². The van der Waals surface area contributed by atoms with E-state index >= 15 is 0 Å². The van der Waals surface area contributed by atoms with Gasteiger partial charge in [0.15, 0.2) is 12.3 Å². The normalized spacial score (nSPS) is 31.6. The van der Waals surface area contributed by atoms with Gasteiger partial charge in [-0.25, -0.2) is 9.98 Å². The number of benzene rings is 2. The maximum atomic E-state index is 12.8. The second-order valence-corrected chi connectivity index (χ2v) is 12.1. The van der Waals surface area contributed by atoms with Gasteiger partial charge in [-0.2, -0.15) is 8.42 Å². The zero-order valence-corrected chi connectivity index (χ0v) is 24.8. The van der Waals surface area contributed by atoms with Crippen LogP contribution in [-0.4, -0.2) is 135 Å². The average Bonchev–Trinajstić information content (AvgIpc) is 3.50. The zero-order chi connectivity index (χ0) is 32.1. The van der Waals surface area contributed by atoms with E-state index in [-0.39, 0.29) is 30.1 Å². The van der Waals surface area contributed by atoms with Crippen LogP contribution in [0.25, 0.3) is 10.8 Å². The average molecular weight is 651 g/mol. The first-order chi connectivity index (χ1) is 20.8. The Balaban J connectivity index is 1.39. The van der Waals surface area contributed by atoms with Gasteiger partial charge in [0, 0.05) is 41.8 Å². The Morgan fingerprint density at radius 1 is 1.20 bits per heavy atom. The third-order valence-corrected chi connectivity index (χ3v) is 9.20. The van der Waals surface area contributed by atoms with Crippen molar-refractivity contribution in [3.63, 3.8) is 0 Å². The van der Waals surface area contributed by atoms with E-state index in [1.54, 1.807) is 24.3 Å². The number of aliphatic hydroxyl groups excluding tert-OH is 2. The van der Waals surface area contributed by atoms with Gasteiger partial charge >= 0.3 is 0 Å². The summed E-state index contributed by atoms with van der Waals surface area (Å²) in [6, 6.07) is 8.02. The number of aliphatic hydroxyl groups is 4. The maximum absolute atomic E-state index is 12.8. The molecule has 0 bridgehead atoms. The van der Waals surface area contributed by atoms with Crippen molar-refractivity contribution in [1.29, 1.82) is 0 Å². The molecule has 3 aliphatic rings. The SMILES string of the molecule is CC(=O)N1CN([C@]2(C=S)O[C@H](CO)[C@@H](O)[C@]2(O)C=O)C2=NC=NC(O)(NCCNc3cccc4c(S(=O)(=O)O)cccc34)C21. The van der Waals surface area contributed by atoms with Gasteiger partial charge in [-0.1, -0.05) is 36.5 Å². The predicted molar refractivity (Wildman–Crippen MR) is 160 cm³/mol. The number of nitrogens with zero attached hydrogens (tertiary/aromatic N) is 4. The van der Waals surface area contributed by atoms with E-state index in [2.05, 4.69) is 20.6 Å². The molecule has 3 heterocycles. The standard InChI is InChI=1S/C26H30N6O10S2/c1-15(35)31-14-32(25(12-43)24(37,11-34)22(36)19(10-33)42-25)23-21(31)26(38,30-13-28-23)29-9-8-27-18-6-2-5-17-16(18)4-3-7-20(17)44(39,40)41/h2-7,11-13,19,21-22,27,29,33,36-38H,8-10,14H2,1H3,(H,39,40,41)/t19-,21?,22-,24-,25-,26?/m1/s1. The molecule has 0 aliphatic carbocycles. The minimum Gasteiger partial charge on any atom is -0.394 e. The summed E-state index contributed by atoms with van der Waals surface area (Å²) in [4.78, 5) is 35.3. The fourth-order valence-electron chi connectivity index (χ4n) is 5.82. The Hall–Kier alpha value is -3.46. The van der Waals surface area contributed by atoms with Crippen LogP contribution in [-0.2, 0) is 24.4 Å². The van der Waals surface area contributed by atoms with Crippen molar-refractivity contribution < 1.29 is 47.7 Å². The number of anilines is 1. The molecule has 3 aliphatic heterocycles. The lowest BCUT2D eigenvalue weighted by molar-refractivity contribution is -0.167. The molecule has 0 aromatic heterocycles. The number of carbonyl (C=O) groups excluding carboxylic acids is 2. The third kappa shape index (κ3) is 4.88. The Kier molecular flexibility index (Phi) is 8.33. The number of fused-ring (bicyclic) bond motifs is 2. The molecule has 2 saturated heterocycles. The number of carbonyl (C=O) groups is 2. The molecule has 16 nitrogen and oxygen atoms in total. The molecule has 2 aromatic rings. The molecule has 2 unspecified atom stereocenters. The van der Waals surface area contributed by atoms with Crippen LogP contribution < -0.4 is 10.6 Å². The molecule has 7 N–H and O–H groups in total. The second-order valence-electron chi connectivity index (χ2n) is 10.4. The monoisotopic (exact) mass is 650 g/mol. The highest BCUT2D eigenvalue weighted by Crippen LogP contribution is 2.44. The molecule has 0 spiro atoms. The van der Waals surface area contributed by atoms with Crippen LogP contribution >= 0.6 is 12.2 Å². The van der Waals surface area contributed by atoms with Gasteiger partial charge in [0.1, 0.15) is 29.3 Å². The first kappa shape index (κ1) is 31.9. The van der Waals surface area contributed by atoms with Crippen molar-refractivity contribution in [2.45, 2.75) is 47.2 Å². The summed E-state index contributed by atoms with van der Waals surface area (Å²) in [5.74, 6) is -2.79. The fourth-order valence-corrected chi connectivity index (χ4v) is 6.90. The lowest BCUT2D eigenvalue weighted by Gasteiger charge is -2.43. The number of amidine groups is 1. The van der Waals surface area contributed by atoms with Gasteiger partial charge < -0.3 is 40.3 Å². The summed E-state index contributed by atoms with van der Waals surface area (Å²) in [6.07, 6.45) is -2.26. The molecular weight excluding hydrogens is 620 g/mol. The zero-order valence-electron chi connectivity index (χ0n) is 23.1. The fraction of sp³-hybridized carbons (Fsp3) is 0.423. The van der Waals surface area contributed by atoms with Crippen LogP contribution in [0, 0.1) is 0 Å². The highest BCUT2D eigenvalue weighted by molar-refractivity contribution is 7.86. The molecule has 5 rings (SSSR count). The van der Waals surface area contributed by atoms with Crippen molar-refractivity contribution in [2.75, 3.05) is 31.7 Å². The molecule has 6 atom stereocenters. The summed E-state index contributed by atoms with van der Waals surface area (Å²) in [5.41, 5.74) is -4.40. The van der Waals surface area contributed by atoms with E-state index in [4.69, 9.17) is 17.0 Å². The van der Waals surface area contributed by atoms with Crippen LogP contribution in [0.2, 0.25) is 0 Å². The van der Waals surface area contributed by atoms with Gasteiger partial charge in [-0.3, -0.25) is 19.5 Å². The molecular formula is C26H30N6O10S2. The summed E-state index contributed by atoms with van der Waals surface area (Å²) in [5, 5.41) is 51.1. The minimum atomic E-state index is -4.46. The number of hydrogen-bond donors (Lipinski definition) is 7. The summed E-state index contributed by atoms with van der Waals surface area (Å²) < 4.78 is 39.0. The number of aldehydes is 1. The van der Waals surface area contributed by atoms with Crippen LogP contribution in [0.4, 0.5) is 5.69 Å². The highest BCUT2D eigenvalue weighted by Gasteiger charge is 2.71. The molecule has 0 saturated carbocycles. The largest absolute Gasteiger partial charge is 0.394 e. The first-order valence-electron chi connectivity index (χ1n) is 13.3. The van der Waals surface area contributed by atoms with Crippen LogP contribution in [0.3, 0.4) is 0 Å². The van der Waals surface area contributed by atoms with Crippen LogP contribution in [0.15, 0.2) is 51.3 Å². The quantitative estimate of drug-likeness (QED) is 0.0487. The highest BCUT2D eigenvalue weighted by atomic mass is 32.2. The lowest BCUT2D eigenvalue weighted by atomic mass is 9.87. The van der Waals surface area contributed by atoms with Crippen LogP contribution in [0.1, 0.15) is 6.92 Å². The summed E-state index contributed by atoms with van der Waals surface area (Å²) in [6.45, 7) is 0.259. The van der Waals surface area contributed by atoms with E-state index in [1.807, 2.05) is 0 Å². The van der Waals surface area contributed by atoms with Crippen molar-refractivity contribution in [1.82, 2.24) is 15.1 Å².